The quantitative estimate of drug-likeness (QED) is 0.396. The van der Waals surface area contributed by atoms with Crippen molar-refractivity contribution in [1.29, 1.82) is 0 Å². The number of halogens is 1. The topological polar surface area (TPSA) is 75.6 Å². The van der Waals surface area contributed by atoms with Crippen molar-refractivity contribution in [2.45, 2.75) is 19.1 Å². The van der Waals surface area contributed by atoms with E-state index >= 15 is 0 Å². The number of unbranched alkanes of at least 4 members (excludes halogenated alkanes) is 1. The minimum Gasteiger partial charge on any atom is -0.435 e. The first-order valence-corrected chi connectivity index (χ1v) is 9.45. The first kappa shape index (κ1) is 18.4. The molecule has 1 saturated heterocycles. The van der Waals surface area contributed by atoms with Gasteiger partial charge >= 0.3 is 12.0 Å². The van der Waals surface area contributed by atoms with Crippen LogP contribution in [-0.4, -0.2) is 46.2 Å². The Kier molecular flexibility index (Phi) is 5.85. The second-order valence-corrected chi connectivity index (χ2v) is 7.84. The molecule has 3 rings (SSSR count). The number of nitrogens with zero attached hydrogens (tertiary/aromatic N) is 4. The van der Waals surface area contributed by atoms with E-state index in [-0.39, 0.29) is 12.6 Å². The molecule has 1 aliphatic rings. The summed E-state index contributed by atoms with van der Waals surface area (Å²) in [6, 6.07) is 3.01. The van der Waals surface area contributed by atoms with Crippen molar-refractivity contribution in [2.75, 3.05) is 18.0 Å². The molecule has 3 heterocycles. The molecular weight excluding hydrogens is 420 g/mol. The lowest BCUT2D eigenvalue weighted by Gasteiger charge is -2.20. The summed E-state index contributed by atoms with van der Waals surface area (Å²) in [5.74, 6) is 2.02. The molecule has 1 atom stereocenters. The number of hydrogen-bond acceptors (Lipinski definition) is 6. The molecule has 1 aliphatic heterocycles. The third-order valence-electron chi connectivity index (χ3n) is 3.70. The molecule has 0 spiro atoms. The van der Waals surface area contributed by atoms with Crippen molar-refractivity contribution >= 4 is 44.4 Å². The van der Waals surface area contributed by atoms with Crippen molar-refractivity contribution < 1.29 is 14.3 Å². The van der Waals surface area contributed by atoms with Crippen LogP contribution < -0.4 is 4.90 Å². The molecule has 0 bridgehead atoms. The fourth-order valence-corrected chi connectivity index (χ4v) is 3.73. The lowest BCUT2D eigenvalue weighted by molar-refractivity contribution is 0.0325. The van der Waals surface area contributed by atoms with Crippen LogP contribution in [0.2, 0.25) is 0 Å². The van der Waals surface area contributed by atoms with E-state index in [1.54, 1.807) is 29.4 Å². The highest BCUT2D eigenvalue weighted by atomic mass is 79.9. The minimum absolute atomic E-state index is 0.257. The SMILES string of the molecule is C#CCCCN1CC(OC(=O)c2cccnc2)N(c2ncc(Br)s2)C1=O. The van der Waals surface area contributed by atoms with E-state index in [9.17, 15) is 9.59 Å². The summed E-state index contributed by atoms with van der Waals surface area (Å²) >= 11 is 4.63. The predicted octanol–water partition coefficient (Wildman–Crippen LogP) is 3.14. The normalized spacial score (nSPS) is 16.6. The van der Waals surface area contributed by atoms with Gasteiger partial charge < -0.3 is 9.64 Å². The predicted molar refractivity (Wildman–Crippen MR) is 101 cm³/mol. The summed E-state index contributed by atoms with van der Waals surface area (Å²) in [5.41, 5.74) is 0.325. The zero-order chi connectivity index (χ0) is 18.5. The van der Waals surface area contributed by atoms with Crippen molar-refractivity contribution in [1.82, 2.24) is 14.9 Å². The van der Waals surface area contributed by atoms with Crippen LogP contribution in [0.15, 0.2) is 34.5 Å². The average Bonchev–Trinajstić information content (AvgIpc) is 3.19. The smallest absolute Gasteiger partial charge is 0.341 e. The fourth-order valence-electron chi connectivity index (χ4n) is 2.51. The second-order valence-electron chi connectivity index (χ2n) is 5.45. The number of carbonyl (C=O) groups excluding carboxylic acids is 2. The number of rotatable bonds is 6. The van der Waals surface area contributed by atoms with Crippen LogP contribution in [0.1, 0.15) is 23.2 Å². The maximum atomic E-state index is 12.8. The Morgan fingerprint density at radius 2 is 2.35 bits per heavy atom. The maximum Gasteiger partial charge on any atom is 0.341 e. The Hall–Kier alpha value is -2.44. The molecule has 2 aromatic rings. The van der Waals surface area contributed by atoms with Gasteiger partial charge in [-0.15, -0.1) is 12.3 Å². The van der Waals surface area contributed by atoms with Gasteiger partial charge in [-0.3, -0.25) is 4.98 Å². The van der Waals surface area contributed by atoms with Gasteiger partial charge in [-0.05, 0) is 34.5 Å². The number of amides is 2. The third-order valence-corrected chi connectivity index (χ3v) is 5.18. The highest BCUT2D eigenvalue weighted by molar-refractivity contribution is 9.11. The van der Waals surface area contributed by atoms with Crippen molar-refractivity contribution in [3.05, 3.63) is 40.1 Å². The largest absolute Gasteiger partial charge is 0.435 e. The first-order chi connectivity index (χ1) is 12.6. The number of anilines is 1. The Morgan fingerprint density at radius 3 is 3.00 bits per heavy atom. The Labute approximate surface area is 163 Å². The number of ether oxygens (including phenoxy) is 1. The van der Waals surface area contributed by atoms with Gasteiger partial charge in [0.25, 0.3) is 0 Å². The van der Waals surface area contributed by atoms with Crippen LogP contribution in [-0.2, 0) is 4.74 Å². The standard InChI is InChI=1S/C17H15BrN4O3S/c1-2-3-4-8-21-11-14(25-15(23)12-6-5-7-19-9-12)22(17(21)24)16-20-10-13(18)26-16/h1,5-7,9-10,14H,3-4,8,11H2. The van der Waals surface area contributed by atoms with Gasteiger partial charge in [0.05, 0.1) is 22.1 Å². The molecule has 2 aromatic heterocycles. The fraction of sp³-hybridized carbons (Fsp3) is 0.294. The first-order valence-electron chi connectivity index (χ1n) is 7.84. The number of pyridine rings is 1. The molecule has 0 aromatic carbocycles. The number of urea groups is 1. The summed E-state index contributed by atoms with van der Waals surface area (Å²) in [6.45, 7) is 0.750. The van der Waals surface area contributed by atoms with E-state index in [0.29, 0.717) is 30.1 Å². The van der Waals surface area contributed by atoms with E-state index in [0.717, 1.165) is 3.79 Å². The van der Waals surface area contributed by atoms with Gasteiger partial charge in [-0.1, -0.05) is 11.3 Å². The lowest BCUT2D eigenvalue weighted by Crippen LogP contribution is -2.37. The zero-order valence-electron chi connectivity index (χ0n) is 13.7. The number of terminal acetylenes is 1. The Balaban J connectivity index is 1.79. The molecule has 1 fully saturated rings. The van der Waals surface area contributed by atoms with Gasteiger partial charge in [-0.25, -0.2) is 19.5 Å². The lowest BCUT2D eigenvalue weighted by atomic mass is 10.3. The molecule has 0 radical (unpaired) electrons. The van der Waals surface area contributed by atoms with Gasteiger partial charge in [0.15, 0.2) is 5.13 Å². The van der Waals surface area contributed by atoms with Crippen LogP contribution in [0.3, 0.4) is 0 Å². The van der Waals surface area contributed by atoms with Crippen molar-refractivity contribution in [3.8, 4) is 12.3 Å². The maximum absolute atomic E-state index is 12.8. The molecule has 7 nitrogen and oxygen atoms in total. The summed E-state index contributed by atoms with van der Waals surface area (Å²) < 4.78 is 6.36. The summed E-state index contributed by atoms with van der Waals surface area (Å²) in [7, 11) is 0. The molecule has 9 heteroatoms. The van der Waals surface area contributed by atoms with E-state index in [2.05, 4.69) is 31.8 Å². The molecule has 0 saturated carbocycles. The van der Waals surface area contributed by atoms with Crippen LogP contribution in [0.4, 0.5) is 9.93 Å². The number of aromatic nitrogens is 2. The van der Waals surface area contributed by atoms with E-state index in [1.165, 1.54) is 22.4 Å². The molecule has 0 aliphatic carbocycles. The van der Waals surface area contributed by atoms with Gasteiger partial charge in [-0.2, -0.15) is 0 Å². The molecule has 134 valence electrons. The Morgan fingerprint density at radius 1 is 1.50 bits per heavy atom. The molecular formula is C17H15BrN4O3S. The Bertz CT molecular complexity index is 836. The zero-order valence-corrected chi connectivity index (χ0v) is 16.1. The van der Waals surface area contributed by atoms with Crippen LogP contribution in [0.5, 0.6) is 0 Å². The van der Waals surface area contributed by atoms with Crippen molar-refractivity contribution in [2.24, 2.45) is 0 Å². The molecule has 26 heavy (non-hydrogen) atoms. The number of esters is 1. The van der Waals surface area contributed by atoms with Gasteiger partial charge in [0.2, 0.25) is 6.23 Å². The van der Waals surface area contributed by atoms with Gasteiger partial charge in [0.1, 0.15) is 0 Å². The second kappa shape index (κ2) is 8.29. The summed E-state index contributed by atoms with van der Waals surface area (Å²) in [5, 5.41) is 0.463. The third kappa shape index (κ3) is 4.03. The molecule has 0 N–H and O–H groups in total. The van der Waals surface area contributed by atoms with E-state index in [4.69, 9.17) is 11.2 Å². The highest BCUT2D eigenvalue weighted by Crippen LogP contribution is 2.32. The van der Waals surface area contributed by atoms with Crippen LogP contribution in [0.25, 0.3) is 0 Å². The molecule has 1 unspecified atom stereocenters. The molecule has 2 amide bonds. The minimum atomic E-state index is -0.765. The monoisotopic (exact) mass is 434 g/mol. The van der Waals surface area contributed by atoms with Crippen LogP contribution in [0, 0.1) is 12.3 Å². The highest BCUT2D eigenvalue weighted by Gasteiger charge is 2.42. The summed E-state index contributed by atoms with van der Waals surface area (Å²) in [6.07, 6.45) is 10.4. The number of carbonyl (C=O) groups is 2. The van der Waals surface area contributed by atoms with E-state index in [1.807, 2.05) is 0 Å². The van der Waals surface area contributed by atoms with E-state index < -0.39 is 12.2 Å². The van der Waals surface area contributed by atoms with Crippen molar-refractivity contribution in [3.63, 3.8) is 0 Å². The number of hydrogen-bond donors (Lipinski definition) is 0. The number of thiazole rings is 1. The van der Waals surface area contributed by atoms with Gasteiger partial charge in [0, 0.05) is 25.4 Å². The summed E-state index contributed by atoms with van der Waals surface area (Å²) in [4.78, 5) is 36.3. The van der Waals surface area contributed by atoms with Crippen LogP contribution >= 0.6 is 27.3 Å². The average molecular weight is 435 g/mol.